The van der Waals surface area contributed by atoms with Crippen LogP contribution in [0, 0.1) is 0 Å². The highest BCUT2D eigenvalue weighted by molar-refractivity contribution is 7.32. The summed E-state index contributed by atoms with van der Waals surface area (Å²) in [5.41, 5.74) is 2.97. The monoisotopic (exact) mass is 516 g/mol. The van der Waals surface area contributed by atoms with Gasteiger partial charge in [-0.2, -0.15) is 0 Å². The van der Waals surface area contributed by atoms with Crippen LogP contribution in [0.5, 0.6) is 0 Å². The molecule has 0 bridgehead atoms. The van der Waals surface area contributed by atoms with E-state index >= 15 is 0 Å². The summed E-state index contributed by atoms with van der Waals surface area (Å²) in [6, 6.07) is 31.5. The van der Waals surface area contributed by atoms with Gasteiger partial charge in [-0.05, 0) is 24.3 Å². The largest absolute Gasteiger partial charge is 0.399 e. The molecule has 180 valence electrons. The normalized spacial score (nSPS) is 11.7. The van der Waals surface area contributed by atoms with Crippen molar-refractivity contribution in [1.29, 1.82) is 0 Å². The molecule has 0 aliphatic heterocycles. The topological polar surface area (TPSA) is 71.0 Å². The van der Waals surface area contributed by atoms with Crippen LogP contribution >= 0.6 is 16.5 Å². The lowest BCUT2D eigenvalue weighted by molar-refractivity contribution is 0.402. The molecule has 0 atom stereocenters. The van der Waals surface area contributed by atoms with Gasteiger partial charge in [-0.25, -0.2) is 0 Å². The van der Waals surface area contributed by atoms with E-state index in [0.717, 1.165) is 43.9 Å². The fraction of sp³-hybridized carbons (Fsp3) is 0.0714. The number of fused-ring (bicyclic) bond motifs is 6. The van der Waals surface area contributed by atoms with Gasteiger partial charge in [0.2, 0.25) is 0 Å². The van der Waals surface area contributed by atoms with E-state index in [1.54, 1.807) is 0 Å². The predicted molar refractivity (Wildman–Crippen MR) is 145 cm³/mol. The highest BCUT2D eigenvalue weighted by Crippen LogP contribution is 2.34. The first kappa shape index (κ1) is 22.8. The molecule has 0 saturated heterocycles. The number of hydrogen-bond acceptors (Lipinski definition) is 6. The summed E-state index contributed by atoms with van der Waals surface area (Å²) >= 11 is 0. The molecule has 0 aliphatic carbocycles. The predicted octanol–water partition coefficient (Wildman–Crippen LogP) is 9.01. The summed E-state index contributed by atoms with van der Waals surface area (Å²) < 4.78 is 36.0. The Morgan fingerprint density at radius 3 is 1.03 bits per heavy atom. The molecule has 6 rings (SSSR count). The molecular formula is C28H22O6P2. The minimum atomic E-state index is -1.60. The maximum Gasteiger partial charge on any atom is 0.387 e. The lowest BCUT2D eigenvalue weighted by Crippen LogP contribution is -1.93. The van der Waals surface area contributed by atoms with Crippen LogP contribution in [-0.2, 0) is 0 Å². The van der Waals surface area contributed by atoms with Gasteiger partial charge in [-0.15, -0.1) is 0 Å². The summed E-state index contributed by atoms with van der Waals surface area (Å²) in [5, 5.41) is 3.94. The lowest BCUT2D eigenvalue weighted by atomic mass is 10.1. The first-order valence-corrected chi connectivity index (χ1v) is 13.6. The Labute approximate surface area is 208 Å². The maximum absolute atomic E-state index is 6.04. The zero-order valence-electron chi connectivity index (χ0n) is 19.2. The zero-order chi connectivity index (χ0) is 24.2. The van der Waals surface area contributed by atoms with Gasteiger partial charge in [-0.3, -0.25) is 9.05 Å². The van der Waals surface area contributed by atoms with Crippen molar-refractivity contribution in [3.8, 4) is 0 Å². The quantitative estimate of drug-likeness (QED) is 0.206. The molecule has 0 aliphatic rings. The van der Waals surface area contributed by atoms with Crippen molar-refractivity contribution in [3.63, 3.8) is 0 Å². The fourth-order valence-corrected chi connectivity index (χ4v) is 5.86. The van der Waals surface area contributed by atoms with Gasteiger partial charge < -0.3 is 16.8 Å². The molecule has 6 nitrogen and oxygen atoms in total. The van der Waals surface area contributed by atoms with Crippen molar-refractivity contribution < 1.29 is 25.8 Å². The highest BCUT2D eigenvalue weighted by atomic mass is 31.1. The van der Waals surface area contributed by atoms with Crippen LogP contribution in [0.25, 0.3) is 43.9 Å². The maximum atomic E-state index is 6.04. The molecule has 6 aromatic rings. The van der Waals surface area contributed by atoms with Crippen LogP contribution in [0.15, 0.2) is 126 Å². The minimum absolute atomic E-state index is 0.310. The summed E-state index contributed by atoms with van der Waals surface area (Å²) in [6.07, 6.45) is 3.74. The van der Waals surface area contributed by atoms with Gasteiger partial charge in [-0.1, -0.05) is 84.9 Å². The summed E-state index contributed by atoms with van der Waals surface area (Å²) in [6.45, 7) is 0.620. The third kappa shape index (κ3) is 4.86. The van der Waals surface area contributed by atoms with Crippen LogP contribution in [0.2, 0.25) is 0 Å². The molecule has 0 fully saturated rings. The van der Waals surface area contributed by atoms with Crippen molar-refractivity contribution in [2.75, 3.05) is 13.2 Å². The average molecular weight is 516 g/mol. The SMILES string of the molecule is C(=C/COp1oc2ccccc2c2ccccc2o1)/COp1oc2ccccc2c2ccccc2o1. The molecule has 0 spiro atoms. The number of benzene rings is 4. The summed E-state index contributed by atoms with van der Waals surface area (Å²) in [7, 11) is -3.21. The fourth-order valence-electron chi connectivity index (χ4n) is 3.88. The van der Waals surface area contributed by atoms with Crippen molar-refractivity contribution in [3.05, 3.63) is 109 Å². The summed E-state index contributed by atoms with van der Waals surface area (Å²) in [4.78, 5) is 0. The van der Waals surface area contributed by atoms with E-state index in [2.05, 4.69) is 0 Å². The second-order valence-electron chi connectivity index (χ2n) is 7.86. The Morgan fingerprint density at radius 1 is 0.444 bits per heavy atom. The van der Waals surface area contributed by atoms with E-state index in [1.807, 2.05) is 109 Å². The Hall–Kier alpha value is -3.66. The summed E-state index contributed by atoms with van der Waals surface area (Å²) in [5.74, 6) is 0. The first-order chi connectivity index (χ1) is 17.8. The van der Waals surface area contributed by atoms with Gasteiger partial charge in [0.05, 0.1) is 13.2 Å². The molecule has 0 radical (unpaired) electrons. The zero-order valence-corrected chi connectivity index (χ0v) is 20.9. The Morgan fingerprint density at radius 2 is 0.722 bits per heavy atom. The van der Waals surface area contributed by atoms with Crippen molar-refractivity contribution >= 4 is 60.4 Å². The van der Waals surface area contributed by atoms with Gasteiger partial charge >= 0.3 is 16.5 Å². The minimum Gasteiger partial charge on any atom is -0.399 e. The van der Waals surface area contributed by atoms with Gasteiger partial charge in [0.1, 0.15) is 22.3 Å². The van der Waals surface area contributed by atoms with E-state index in [-0.39, 0.29) is 0 Å². The van der Waals surface area contributed by atoms with E-state index < -0.39 is 16.5 Å². The van der Waals surface area contributed by atoms with Crippen LogP contribution < -0.4 is 9.05 Å². The third-order valence-corrected chi connectivity index (χ3v) is 7.64. The molecule has 0 saturated carbocycles. The van der Waals surface area contributed by atoms with E-state index in [0.29, 0.717) is 13.2 Å². The molecule has 8 heteroatoms. The van der Waals surface area contributed by atoms with Crippen LogP contribution in [-0.4, -0.2) is 13.2 Å². The van der Waals surface area contributed by atoms with Crippen molar-refractivity contribution in [2.45, 2.75) is 0 Å². The van der Waals surface area contributed by atoms with Crippen molar-refractivity contribution in [1.82, 2.24) is 0 Å². The van der Waals surface area contributed by atoms with Crippen LogP contribution in [0.3, 0.4) is 0 Å². The second kappa shape index (κ2) is 10.5. The molecule has 2 aromatic heterocycles. The molecule has 0 amide bonds. The Balaban J connectivity index is 1.18. The van der Waals surface area contributed by atoms with Gasteiger partial charge in [0.25, 0.3) is 0 Å². The average Bonchev–Trinajstić information content (AvgIpc) is 3.18. The van der Waals surface area contributed by atoms with E-state index in [9.17, 15) is 0 Å². The third-order valence-electron chi connectivity index (χ3n) is 5.54. The molecule has 4 aromatic carbocycles. The first-order valence-electron chi connectivity index (χ1n) is 11.4. The number of hydrogen-bond donors (Lipinski definition) is 0. The lowest BCUT2D eigenvalue weighted by Gasteiger charge is -1.97. The standard InChI is InChI=1S/C28H22O6P2/c1-5-15-25-21(11-1)22-12-2-6-16-26(22)32-35(31-25)29-19-9-10-20-30-36-33-27-17-7-3-13-23(27)24-14-4-8-18-28(24)34-36/h1-18H,19-20H2/b10-9-. The molecule has 0 N–H and O–H groups in total. The molecule has 2 heterocycles. The second-order valence-corrected chi connectivity index (χ2v) is 10.0. The van der Waals surface area contributed by atoms with Crippen molar-refractivity contribution in [2.24, 2.45) is 0 Å². The molecular weight excluding hydrogens is 494 g/mol. The Kier molecular flexibility index (Phi) is 6.66. The van der Waals surface area contributed by atoms with Gasteiger partial charge in [0.15, 0.2) is 0 Å². The number of rotatable bonds is 6. The molecule has 36 heavy (non-hydrogen) atoms. The van der Waals surface area contributed by atoms with E-state index in [1.165, 1.54) is 0 Å². The smallest absolute Gasteiger partial charge is 0.387 e. The van der Waals surface area contributed by atoms with Gasteiger partial charge in [0, 0.05) is 21.5 Å². The number of para-hydroxylation sites is 4. The molecule has 0 unspecified atom stereocenters. The van der Waals surface area contributed by atoms with Crippen LogP contribution in [0.1, 0.15) is 0 Å². The Bertz CT molecular complexity index is 1520. The van der Waals surface area contributed by atoms with E-state index in [4.69, 9.17) is 25.8 Å². The van der Waals surface area contributed by atoms with Crippen LogP contribution in [0.4, 0.5) is 0 Å². The highest BCUT2D eigenvalue weighted by Gasteiger charge is 2.07.